The Morgan fingerprint density at radius 1 is 1.20 bits per heavy atom. The first-order chi connectivity index (χ1) is 11.7. The fourth-order valence-electron chi connectivity index (χ4n) is 1.18. The van der Waals surface area contributed by atoms with E-state index in [1.54, 1.807) is 18.0 Å². The van der Waals surface area contributed by atoms with Crippen molar-refractivity contribution in [3.05, 3.63) is 30.3 Å². The third kappa shape index (κ3) is 12.8. The number of hydrogen-bond acceptors (Lipinski definition) is 6. The molecule has 7 nitrogen and oxygen atoms in total. The molecule has 0 saturated heterocycles. The van der Waals surface area contributed by atoms with Crippen molar-refractivity contribution < 1.29 is 19.2 Å². The zero-order valence-electron chi connectivity index (χ0n) is 15.5. The molecule has 0 heterocycles. The monoisotopic (exact) mass is 369 g/mol. The molecule has 25 heavy (non-hydrogen) atoms. The third-order valence-electron chi connectivity index (χ3n) is 2.59. The summed E-state index contributed by atoms with van der Waals surface area (Å²) in [5.41, 5.74) is 0.744. The van der Waals surface area contributed by atoms with Crippen LogP contribution in [0.1, 0.15) is 27.7 Å². The molecular weight excluding hydrogens is 342 g/mol. The second kappa shape index (κ2) is 12.2. The Morgan fingerprint density at radius 3 is 2.28 bits per heavy atom. The SMILES string of the molecule is CC(C)OC(=O)Nc1ccccc1.CNC(=O)O/N=C/C(C)(C)SC. The van der Waals surface area contributed by atoms with Gasteiger partial charge in [-0.15, -0.1) is 0 Å². The summed E-state index contributed by atoms with van der Waals surface area (Å²) < 4.78 is 4.80. The fraction of sp³-hybridized carbons (Fsp3) is 0.471. The van der Waals surface area contributed by atoms with Crippen LogP contribution in [0.5, 0.6) is 0 Å². The lowest BCUT2D eigenvalue weighted by molar-refractivity contribution is 0.130. The van der Waals surface area contributed by atoms with E-state index >= 15 is 0 Å². The summed E-state index contributed by atoms with van der Waals surface area (Å²) in [6.45, 7) is 7.58. The van der Waals surface area contributed by atoms with Gasteiger partial charge in [0.25, 0.3) is 0 Å². The Labute approximate surface area is 153 Å². The number of carbonyl (C=O) groups is 2. The zero-order chi connectivity index (χ0) is 19.3. The minimum absolute atomic E-state index is 0.0938. The van der Waals surface area contributed by atoms with E-state index in [9.17, 15) is 9.59 Å². The van der Waals surface area contributed by atoms with Crippen molar-refractivity contribution in [3.8, 4) is 0 Å². The molecule has 0 aliphatic rings. The van der Waals surface area contributed by atoms with E-state index in [0.717, 1.165) is 5.69 Å². The molecule has 0 radical (unpaired) electrons. The van der Waals surface area contributed by atoms with Gasteiger partial charge in [-0.25, -0.2) is 9.59 Å². The summed E-state index contributed by atoms with van der Waals surface area (Å²) in [7, 11) is 1.48. The lowest BCUT2D eigenvalue weighted by Crippen LogP contribution is -2.19. The summed E-state index contributed by atoms with van der Waals surface area (Å²) in [5, 5.41) is 8.43. The molecule has 1 aromatic rings. The molecule has 8 heteroatoms. The summed E-state index contributed by atoms with van der Waals surface area (Å²) in [5.74, 6) is 0. The van der Waals surface area contributed by atoms with Crippen molar-refractivity contribution in [2.24, 2.45) is 5.16 Å². The van der Waals surface area contributed by atoms with Crippen LogP contribution in [0.2, 0.25) is 0 Å². The summed E-state index contributed by atoms with van der Waals surface area (Å²) in [6, 6.07) is 9.21. The van der Waals surface area contributed by atoms with Crippen molar-refractivity contribution in [3.63, 3.8) is 0 Å². The van der Waals surface area contributed by atoms with Gasteiger partial charge in [0.1, 0.15) is 0 Å². The summed E-state index contributed by atoms with van der Waals surface area (Å²) in [6.07, 6.45) is 2.49. The highest BCUT2D eigenvalue weighted by atomic mass is 32.2. The molecule has 0 aromatic heterocycles. The number of anilines is 1. The van der Waals surface area contributed by atoms with Crippen LogP contribution in [0.3, 0.4) is 0 Å². The predicted molar refractivity (Wildman–Crippen MR) is 103 cm³/mol. The number of benzene rings is 1. The maximum atomic E-state index is 11.1. The molecule has 2 N–H and O–H groups in total. The number of carbonyl (C=O) groups excluding carboxylic acids is 2. The predicted octanol–water partition coefficient (Wildman–Crippen LogP) is 4.11. The van der Waals surface area contributed by atoms with E-state index in [2.05, 4.69) is 20.6 Å². The lowest BCUT2D eigenvalue weighted by Gasteiger charge is -2.13. The normalized spacial score (nSPS) is 10.7. The molecule has 0 bridgehead atoms. The van der Waals surface area contributed by atoms with Gasteiger partial charge in [-0.05, 0) is 46.1 Å². The molecule has 140 valence electrons. The number of nitrogens with zero attached hydrogens (tertiary/aromatic N) is 1. The third-order valence-corrected chi connectivity index (χ3v) is 3.75. The van der Waals surface area contributed by atoms with Crippen LogP contribution in [0.4, 0.5) is 15.3 Å². The number of amides is 2. The number of oxime groups is 1. The highest BCUT2D eigenvalue weighted by Crippen LogP contribution is 2.17. The van der Waals surface area contributed by atoms with E-state index in [0.29, 0.717) is 0 Å². The molecular formula is C17H27N3O4S. The number of nitrogens with one attached hydrogen (secondary N) is 2. The van der Waals surface area contributed by atoms with Crippen molar-refractivity contribution in [1.29, 1.82) is 0 Å². The Kier molecular flexibility index (Phi) is 11.1. The van der Waals surface area contributed by atoms with E-state index in [4.69, 9.17) is 4.74 Å². The molecule has 0 aliphatic heterocycles. The van der Waals surface area contributed by atoms with Crippen LogP contribution in [0.25, 0.3) is 0 Å². The summed E-state index contributed by atoms with van der Waals surface area (Å²) in [4.78, 5) is 26.1. The highest BCUT2D eigenvalue weighted by Gasteiger charge is 2.12. The number of rotatable bonds is 5. The first-order valence-corrected chi connectivity index (χ1v) is 8.93. The molecule has 1 rings (SSSR count). The van der Waals surface area contributed by atoms with Crippen molar-refractivity contribution >= 4 is 35.9 Å². The van der Waals surface area contributed by atoms with Gasteiger partial charge in [0.2, 0.25) is 0 Å². The van der Waals surface area contributed by atoms with Crippen LogP contribution < -0.4 is 10.6 Å². The number of thioether (sulfide) groups is 1. The molecule has 0 spiro atoms. The van der Waals surface area contributed by atoms with Crippen LogP contribution in [0.15, 0.2) is 35.5 Å². The quantitative estimate of drug-likeness (QED) is 0.463. The Morgan fingerprint density at radius 2 is 1.80 bits per heavy atom. The first-order valence-electron chi connectivity index (χ1n) is 7.71. The van der Waals surface area contributed by atoms with Gasteiger partial charge in [-0.2, -0.15) is 11.8 Å². The maximum Gasteiger partial charge on any atom is 0.433 e. The van der Waals surface area contributed by atoms with Gasteiger partial charge >= 0.3 is 12.2 Å². The van der Waals surface area contributed by atoms with Gasteiger partial charge < -0.3 is 10.1 Å². The van der Waals surface area contributed by atoms with E-state index < -0.39 is 12.2 Å². The second-order valence-corrected chi connectivity index (χ2v) is 7.08. The number of para-hydroxylation sites is 1. The van der Waals surface area contributed by atoms with Gasteiger partial charge in [0.05, 0.1) is 12.3 Å². The molecule has 0 saturated carbocycles. The lowest BCUT2D eigenvalue weighted by atomic mass is 10.2. The number of hydrogen-bond donors (Lipinski definition) is 2. The molecule has 1 aromatic carbocycles. The van der Waals surface area contributed by atoms with Crippen molar-refractivity contribution in [2.45, 2.75) is 38.5 Å². The van der Waals surface area contributed by atoms with Gasteiger partial charge in [0, 0.05) is 17.5 Å². The molecule has 0 fully saturated rings. The van der Waals surface area contributed by atoms with Crippen molar-refractivity contribution in [2.75, 3.05) is 18.6 Å². The minimum Gasteiger partial charge on any atom is -0.447 e. The molecule has 0 aliphatic carbocycles. The standard InChI is InChI=1S/C10H13NO2.C7H14N2O2S/c1-8(2)13-10(12)11-9-6-4-3-5-7-9;1-7(2,12-4)5-9-11-6(10)8-3/h3-8H,1-2H3,(H,11,12);5H,1-4H3,(H,8,10)/b;9-5+. The average molecular weight is 369 g/mol. The van der Waals surface area contributed by atoms with Crippen LogP contribution in [-0.4, -0.2) is 42.6 Å². The zero-order valence-corrected chi connectivity index (χ0v) is 16.3. The van der Waals surface area contributed by atoms with Gasteiger partial charge in [-0.1, -0.05) is 23.4 Å². The first kappa shape index (κ1) is 22.8. The second-order valence-electron chi connectivity index (χ2n) is 5.62. The maximum absolute atomic E-state index is 11.1. The summed E-state index contributed by atoms with van der Waals surface area (Å²) >= 11 is 1.63. The molecule has 0 atom stereocenters. The van der Waals surface area contributed by atoms with E-state index in [-0.39, 0.29) is 10.9 Å². The fourth-order valence-corrected chi connectivity index (χ4v) is 1.33. The highest BCUT2D eigenvalue weighted by molar-refractivity contribution is 8.00. The van der Waals surface area contributed by atoms with Crippen LogP contribution in [0, 0.1) is 0 Å². The minimum atomic E-state index is -0.553. The largest absolute Gasteiger partial charge is 0.447 e. The van der Waals surface area contributed by atoms with Crippen molar-refractivity contribution in [1.82, 2.24) is 5.32 Å². The topological polar surface area (TPSA) is 89.0 Å². The Bertz CT molecular complexity index is 548. The average Bonchev–Trinajstić information content (AvgIpc) is 2.55. The van der Waals surface area contributed by atoms with E-state index in [1.807, 2.05) is 64.3 Å². The van der Waals surface area contributed by atoms with Crippen LogP contribution in [-0.2, 0) is 9.57 Å². The van der Waals surface area contributed by atoms with Crippen LogP contribution >= 0.6 is 11.8 Å². The van der Waals surface area contributed by atoms with Gasteiger partial charge in [0.15, 0.2) is 0 Å². The van der Waals surface area contributed by atoms with E-state index in [1.165, 1.54) is 7.05 Å². The Balaban J connectivity index is 0.000000463. The molecule has 2 amide bonds. The smallest absolute Gasteiger partial charge is 0.433 e. The Hall–Kier alpha value is -2.22. The van der Waals surface area contributed by atoms with Gasteiger partial charge in [-0.3, -0.25) is 10.2 Å². The number of ether oxygens (including phenoxy) is 1. The molecule has 0 unspecified atom stereocenters.